The SMILES string of the molecule is COc1c(OC)c2oc(=O)oc(=O)oc1c(C)c2CCCCCCCCCC=O. The lowest BCUT2D eigenvalue weighted by atomic mass is 9.98. The van der Waals surface area contributed by atoms with Crippen molar-refractivity contribution >= 4 is 17.5 Å². The van der Waals surface area contributed by atoms with Crippen molar-refractivity contribution in [2.24, 2.45) is 0 Å². The smallest absolute Gasteiger partial charge is 0.490 e. The number of carbonyl (C=O) groups is 1. The molecular formula is C21H28O8. The van der Waals surface area contributed by atoms with E-state index in [0.29, 0.717) is 18.4 Å². The van der Waals surface area contributed by atoms with E-state index in [1.165, 1.54) is 14.2 Å². The van der Waals surface area contributed by atoms with Gasteiger partial charge in [-0.15, -0.1) is 0 Å². The predicted octanol–water partition coefficient (Wildman–Crippen LogP) is 4.09. The first-order valence-corrected chi connectivity index (χ1v) is 9.86. The highest BCUT2D eigenvalue weighted by atomic mass is 16.6. The van der Waals surface area contributed by atoms with Gasteiger partial charge in [0, 0.05) is 17.5 Å². The molecule has 2 heterocycles. The summed E-state index contributed by atoms with van der Waals surface area (Å²) in [6.45, 7) is 1.77. The average Bonchev–Trinajstić information content (AvgIpc) is 2.77. The second-order valence-corrected chi connectivity index (χ2v) is 6.81. The number of fused-ring (bicyclic) bond motifs is 6. The first-order valence-electron chi connectivity index (χ1n) is 9.86. The Bertz CT molecular complexity index is 948. The van der Waals surface area contributed by atoms with Crippen LogP contribution in [0.2, 0.25) is 0 Å². The zero-order chi connectivity index (χ0) is 21.2. The zero-order valence-corrected chi connectivity index (χ0v) is 17.2. The van der Waals surface area contributed by atoms with Crippen LogP contribution in [0, 0.1) is 6.92 Å². The number of hydrogen-bond donors (Lipinski definition) is 0. The van der Waals surface area contributed by atoms with Gasteiger partial charge in [-0.05, 0) is 26.2 Å². The number of ether oxygens (including phenoxy) is 2. The predicted molar refractivity (Wildman–Crippen MR) is 107 cm³/mol. The summed E-state index contributed by atoms with van der Waals surface area (Å²) in [5.74, 6) is -2.01. The van der Waals surface area contributed by atoms with E-state index in [1.807, 2.05) is 0 Å². The van der Waals surface area contributed by atoms with Crippen molar-refractivity contribution < 1.29 is 27.5 Å². The molecule has 0 spiro atoms. The van der Waals surface area contributed by atoms with Crippen molar-refractivity contribution in [3.8, 4) is 11.5 Å². The van der Waals surface area contributed by atoms with Crippen molar-refractivity contribution in [2.45, 2.75) is 64.7 Å². The van der Waals surface area contributed by atoms with Gasteiger partial charge in [0.05, 0.1) is 14.2 Å². The second kappa shape index (κ2) is 11.3. The van der Waals surface area contributed by atoms with E-state index in [2.05, 4.69) is 4.42 Å². The molecule has 3 rings (SSSR count). The number of carbonyl (C=O) groups excluding carboxylic acids is 1. The number of unbranched alkanes of at least 4 members (excludes halogenated alkanes) is 7. The molecule has 0 radical (unpaired) electrons. The van der Waals surface area contributed by atoms with E-state index in [1.54, 1.807) is 6.92 Å². The molecule has 0 amide bonds. The molecule has 1 aromatic carbocycles. The van der Waals surface area contributed by atoms with Crippen LogP contribution in [-0.4, -0.2) is 20.5 Å². The van der Waals surface area contributed by atoms with Gasteiger partial charge in [-0.1, -0.05) is 32.1 Å². The summed E-state index contributed by atoms with van der Waals surface area (Å²) in [4.78, 5) is 34.0. The third kappa shape index (κ3) is 5.85. The van der Waals surface area contributed by atoms with Gasteiger partial charge >= 0.3 is 11.6 Å². The first-order chi connectivity index (χ1) is 14.0. The fourth-order valence-corrected chi connectivity index (χ4v) is 3.41. The summed E-state index contributed by atoms with van der Waals surface area (Å²) in [5.41, 5.74) is 1.69. The summed E-state index contributed by atoms with van der Waals surface area (Å²) in [6, 6.07) is 0. The Kier molecular flexibility index (Phi) is 8.76. The van der Waals surface area contributed by atoms with Gasteiger partial charge in [0.15, 0.2) is 11.2 Å². The lowest BCUT2D eigenvalue weighted by Crippen LogP contribution is -2.03. The molecule has 29 heavy (non-hydrogen) atoms. The highest BCUT2D eigenvalue weighted by molar-refractivity contribution is 5.81. The van der Waals surface area contributed by atoms with E-state index in [4.69, 9.17) is 18.3 Å². The van der Waals surface area contributed by atoms with E-state index in [0.717, 1.165) is 56.8 Å². The molecule has 0 saturated heterocycles. The van der Waals surface area contributed by atoms with Crippen molar-refractivity contribution in [1.82, 2.24) is 0 Å². The van der Waals surface area contributed by atoms with Crippen LogP contribution in [0.3, 0.4) is 0 Å². The van der Waals surface area contributed by atoms with Crippen molar-refractivity contribution in [2.75, 3.05) is 14.2 Å². The lowest BCUT2D eigenvalue weighted by Gasteiger charge is -2.14. The summed E-state index contributed by atoms with van der Waals surface area (Å²) in [6.07, 6.45) is 9.41. The maximum atomic E-state index is 11.9. The Morgan fingerprint density at radius 2 is 1.28 bits per heavy atom. The fraction of sp³-hybridized carbons (Fsp3) is 0.571. The minimum Gasteiger partial charge on any atom is -0.490 e. The largest absolute Gasteiger partial charge is 0.524 e. The Labute approximate surface area is 168 Å². The molecule has 0 atom stereocenters. The minimum absolute atomic E-state index is 0.154. The van der Waals surface area contributed by atoms with E-state index >= 15 is 0 Å². The molecule has 3 aromatic rings. The highest BCUT2D eigenvalue weighted by Gasteiger charge is 2.22. The summed E-state index contributed by atoms with van der Waals surface area (Å²) in [7, 11) is 2.83. The second-order valence-electron chi connectivity index (χ2n) is 6.81. The van der Waals surface area contributed by atoms with E-state index in [-0.39, 0.29) is 22.7 Å². The standard InChI is InChI=1S/C21H28O8/c1-14-15(12-10-8-6-4-5-7-9-11-13-22)17-19(26-3)18(25-2)16(14)27-20(23)29-21(24)28-17/h13H,4-12H2,1-3H3. The summed E-state index contributed by atoms with van der Waals surface area (Å²) < 4.78 is 25.7. The van der Waals surface area contributed by atoms with Crippen LogP contribution in [-0.2, 0) is 11.2 Å². The number of benzene rings is 1. The van der Waals surface area contributed by atoms with Gasteiger partial charge < -0.3 is 27.5 Å². The summed E-state index contributed by atoms with van der Waals surface area (Å²) in [5, 5.41) is 0. The number of hydrogen-bond acceptors (Lipinski definition) is 8. The van der Waals surface area contributed by atoms with Crippen LogP contribution in [0.1, 0.15) is 62.5 Å². The molecule has 0 aliphatic heterocycles. The minimum atomic E-state index is -1.19. The Balaban J connectivity index is 2.24. The lowest BCUT2D eigenvalue weighted by molar-refractivity contribution is -0.107. The topological polar surface area (TPSA) is 109 Å². The van der Waals surface area contributed by atoms with Crippen LogP contribution < -0.4 is 21.1 Å². The molecule has 2 aromatic heterocycles. The molecule has 0 fully saturated rings. The van der Waals surface area contributed by atoms with Crippen LogP contribution in [0.15, 0.2) is 22.8 Å². The molecule has 0 aliphatic rings. The maximum absolute atomic E-state index is 11.9. The first kappa shape index (κ1) is 22.5. The quantitative estimate of drug-likeness (QED) is 0.382. The van der Waals surface area contributed by atoms with Crippen LogP contribution in [0.25, 0.3) is 11.2 Å². The molecule has 0 aliphatic carbocycles. The summed E-state index contributed by atoms with van der Waals surface area (Å²) >= 11 is 0. The van der Waals surface area contributed by atoms with Gasteiger partial charge in [-0.25, -0.2) is 9.59 Å². The molecule has 8 nitrogen and oxygen atoms in total. The van der Waals surface area contributed by atoms with Crippen molar-refractivity contribution in [1.29, 1.82) is 0 Å². The van der Waals surface area contributed by atoms with Gasteiger partial charge in [0.2, 0.25) is 11.5 Å². The zero-order valence-electron chi connectivity index (χ0n) is 17.2. The molecule has 2 bridgehead atoms. The number of aryl methyl sites for hydroxylation is 2. The molecule has 0 N–H and O–H groups in total. The number of methoxy groups -OCH3 is 2. The highest BCUT2D eigenvalue weighted by Crippen LogP contribution is 2.41. The molecule has 0 unspecified atom stereocenters. The monoisotopic (exact) mass is 408 g/mol. The van der Waals surface area contributed by atoms with Crippen LogP contribution >= 0.6 is 0 Å². The van der Waals surface area contributed by atoms with Crippen LogP contribution in [0.4, 0.5) is 0 Å². The maximum Gasteiger partial charge on any atom is 0.524 e. The number of rotatable bonds is 12. The van der Waals surface area contributed by atoms with E-state index in [9.17, 15) is 14.4 Å². The third-order valence-corrected chi connectivity index (χ3v) is 4.88. The molecule has 8 heteroatoms. The van der Waals surface area contributed by atoms with Crippen molar-refractivity contribution in [3.05, 3.63) is 32.4 Å². The van der Waals surface area contributed by atoms with Crippen LogP contribution in [0.5, 0.6) is 11.5 Å². The van der Waals surface area contributed by atoms with Gasteiger partial charge in [-0.2, -0.15) is 0 Å². The van der Waals surface area contributed by atoms with Gasteiger partial charge in [0.25, 0.3) is 0 Å². The van der Waals surface area contributed by atoms with Crippen molar-refractivity contribution in [3.63, 3.8) is 0 Å². The Hall–Kier alpha value is -2.77. The Morgan fingerprint density at radius 1 is 0.759 bits per heavy atom. The Morgan fingerprint density at radius 3 is 1.86 bits per heavy atom. The van der Waals surface area contributed by atoms with Gasteiger partial charge in [-0.3, -0.25) is 0 Å². The fourth-order valence-electron chi connectivity index (χ4n) is 3.41. The van der Waals surface area contributed by atoms with E-state index < -0.39 is 11.6 Å². The molecule has 0 saturated carbocycles. The third-order valence-electron chi connectivity index (χ3n) is 4.88. The van der Waals surface area contributed by atoms with Gasteiger partial charge in [0.1, 0.15) is 6.29 Å². The molecular weight excluding hydrogens is 380 g/mol. The molecule has 160 valence electrons. The normalized spacial score (nSPS) is 10.9. The average molecular weight is 408 g/mol. The number of aldehydes is 1.